The van der Waals surface area contributed by atoms with Gasteiger partial charge in [0.1, 0.15) is 0 Å². The van der Waals surface area contributed by atoms with E-state index in [9.17, 15) is 14.4 Å². The second kappa shape index (κ2) is 10.2. The third-order valence-electron chi connectivity index (χ3n) is 4.92. The van der Waals surface area contributed by atoms with Crippen molar-refractivity contribution in [3.8, 4) is 0 Å². The zero-order chi connectivity index (χ0) is 23.2. The Bertz CT molecular complexity index is 1130. The topological polar surface area (TPSA) is 87.7 Å². The first kappa shape index (κ1) is 22.4. The van der Waals surface area contributed by atoms with Crippen LogP contribution in [0.4, 0.5) is 22.7 Å². The number of nitrogens with zero attached hydrogens (tertiary/aromatic N) is 1. The minimum Gasteiger partial charge on any atom is -0.456 e. The van der Waals surface area contributed by atoms with E-state index in [1.807, 2.05) is 36.4 Å². The molecular weight excluding hydrogens is 438 g/mol. The molecule has 2 amide bonds. The van der Waals surface area contributed by atoms with Crippen LogP contribution in [0.2, 0.25) is 0 Å². The summed E-state index contributed by atoms with van der Waals surface area (Å²) in [5.74, 6) is -1.05. The molecule has 0 unspecified atom stereocenters. The summed E-state index contributed by atoms with van der Waals surface area (Å²) in [7, 11) is 0. The number of hydrogen-bond acceptors (Lipinski definition) is 6. The van der Waals surface area contributed by atoms with Gasteiger partial charge in [-0.3, -0.25) is 14.4 Å². The van der Waals surface area contributed by atoms with Crippen LogP contribution < -0.4 is 15.5 Å². The summed E-state index contributed by atoms with van der Waals surface area (Å²) < 4.78 is 5.18. The van der Waals surface area contributed by atoms with E-state index in [1.165, 1.54) is 6.92 Å². The van der Waals surface area contributed by atoms with Crippen LogP contribution in [0.25, 0.3) is 0 Å². The standard InChI is InChI=1S/C25H23N3O4S/c1-17(29)26-18-10-12-19(13-11-18)27-24(30)16-32-25(31)14-15-28-20-6-2-4-8-22(20)33-23-9-5-3-7-21(23)28/h2-13H,14-16H2,1H3,(H,26,29)(H,27,30). The second-order valence-electron chi connectivity index (χ2n) is 7.41. The maximum Gasteiger partial charge on any atom is 0.308 e. The lowest BCUT2D eigenvalue weighted by Crippen LogP contribution is -2.26. The number of amides is 2. The lowest BCUT2D eigenvalue weighted by atomic mass is 10.2. The van der Waals surface area contributed by atoms with E-state index in [4.69, 9.17) is 4.74 Å². The van der Waals surface area contributed by atoms with Crippen LogP contribution >= 0.6 is 11.8 Å². The van der Waals surface area contributed by atoms with Gasteiger partial charge in [-0.25, -0.2) is 0 Å². The Labute approximate surface area is 196 Å². The minimum absolute atomic E-state index is 0.145. The summed E-state index contributed by atoms with van der Waals surface area (Å²) in [4.78, 5) is 39.9. The Morgan fingerprint density at radius 1 is 0.818 bits per heavy atom. The second-order valence-corrected chi connectivity index (χ2v) is 8.49. The summed E-state index contributed by atoms with van der Waals surface area (Å²) in [5, 5.41) is 5.32. The molecular formula is C25H23N3O4S. The van der Waals surface area contributed by atoms with Gasteiger partial charge in [-0.05, 0) is 48.5 Å². The molecule has 8 heteroatoms. The number of nitrogens with one attached hydrogen (secondary N) is 2. The van der Waals surface area contributed by atoms with E-state index in [1.54, 1.807) is 36.0 Å². The van der Waals surface area contributed by atoms with Gasteiger partial charge in [-0.2, -0.15) is 0 Å². The maximum absolute atomic E-state index is 12.3. The Hall–Kier alpha value is -3.78. The third kappa shape index (κ3) is 5.72. The van der Waals surface area contributed by atoms with Crippen molar-refractivity contribution in [1.82, 2.24) is 0 Å². The molecule has 0 saturated carbocycles. The highest BCUT2D eigenvalue weighted by Gasteiger charge is 2.23. The number of fused-ring (bicyclic) bond motifs is 2. The number of para-hydroxylation sites is 2. The Kier molecular flexibility index (Phi) is 6.95. The van der Waals surface area contributed by atoms with Gasteiger partial charge in [0.15, 0.2) is 6.61 Å². The smallest absolute Gasteiger partial charge is 0.308 e. The first-order valence-corrected chi connectivity index (χ1v) is 11.3. The number of anilines is 4. The van der Waals surface area contributed by atoms with E-state index >= 15 is 0 Å². The molecule has 3 aromatic rings. The van der Waals surface area contributed by atoms with Crippen LogP contribution in [0.5, 0.6) is 0 Å². The largest absolute Gasteiger partial charge is 0.456 e. The van der Waals surface area contributed by atoms with Gasteiger partial charge in [0.25, 0.3) is 5.91 Å². The Morgan fingerprint density at radius 2 is 1.36 bits per heavy atom. The molecule has 1 aliphatic rings. The van der Waals surface area contributed by atoms with Crippen LogP contribution in [0.3, 0.4) is 0 Å². The highest BCUT2D eigenvalue weighted by Crippen LogP contribution is 2.47. The van der Waals surface area contributed by atoms with Gasteiger partial charge in [0.05, 0.1) is 17.8 Å². The summed E-state index contributed by atoms with van der Waals surface area (Å²) >= 11 is 1.71. The normalized spacial score (nSPS) is 11.7. The van der Waals surface area contributed by atoms with Crippen molar-refractivity contribution >= 4 is 52.3 Å². The predicted molar refractivity (Wildman–Crippen MR) is 129 cm³/mol. The van der Waals surface area contributed by atoms with E-state index in [-0.39, 0.29) is 18.9 Å². The number of esters is 1. The molecule has 0 spiro atoms. The first-order valence-electron chi connectivity index (χ1n) is 10.5. The van der Waals surface area contributed by atoms with Gasteiger partial charge >= 0.3 is 5.97 Å². The SMILES string of the molecule is CC(=O)Nc1ccc(NC(=O)COC(=O)CCN2c3ccccc3Sc3ccccc32)cc1. The molecule has 33 heavy (non-hydrogen) atoms. The number of hydrogen-bond donors (Lipinski definition) is 2. The number of carbonyl (C=O) groups is 3. The Morgan fingerprint density at radius 3 is 1.94 bits per heavy atom. The lowest BCUT2D eigenvalue weighted by Gasteiger charge is -2.32. The number of carbonyl (C=O) groups excluding carboxylic acids is 3. The molecule has 4 rings (SSSR count). The van der Waals surface area contributed by atoms with Gasteiger partial charge in [0, 0.05) is 34.6 Å². The van der Waals surface area contributed by atoms with Crippen LogP contribution in [0, 0.1) is 0 Å². The summed E-state index contributed by atoms with van der Waals surface area (Å²) in [6, 6.07) is 22.8. The molecule has 7 nitrogen and oxygen atoms in total. The number of benzene rings is 3. The number of rotatable bonds is 7. The first-order chi connectivity index (χ1) is 16.0. The van der Waals surface area contributed by atoms with Crippen LogP contribution in [-0.4, -0.2) is 30.9 Å². The zero-order valence-electron chi connectivity index (χ0n) is 18.0. The molecule has 0 aromatic heterocycles. The fraction of sp³-hybridized carbons (Fsp3) is 0.160. The summed E-state index contributed by atoms with van der Waals surface area (Å²) in [6.45, 7) is 1.50. The van der Waals surface area contributed by atoms with Gasteiger partial charge < -0.3 is 20.3 Å². The monoisotopic (exact) mass is 461 g/mol. The highest BCUT2D eigenvalue weighted by molar-refractivity contribution is 7.99. The van der Waals surface area contributed by atoms with Crippen molar-refractivity contribution < 1.29 is 19.1 Å². The van der Waals surface area contributed by atoms with Crippen molar-refractivity contribution in [3.05, 3.63) is 72.8 Å². The van der Waals surface area contributed by atoms with E-state index in [0.717, 1.165) is 21.2 Å². The average Bonchev–Trinajstić information content (AvgIpc) is 2.81. The van der Waals surface area contributed by atoms with Crippen molar-refractivity contribution in [3.63, 3.8) is 0 Å². The average molecular weight is 462 g/mol. The van der Waals surface area contributed by atoms with Crippen LogP contribution in [0.1, 0.15) is 13.3 Å². The van der Waals surface area contributed by atoms with Crippen molar-refractivity contribution in [1.29, 1.82) is 0 Å². The molecule has 0 fully saturated rings. The fourth-order valence-electron chi connectivity index (χ4n) is 3.48. The molecule has 3 aromatic carbocycles. The molecule has 0 saturated heterocycles. The molecule has 0 bridgehead atoms. The van der Waals surface area contributed by atoms with Gasteiger partial charge in [-0.15, -0.1) is 0 Å². The summed E-state index contributed by atoms with van der Waals surface area (Å²) in [6.07, 6.45) is 0.145. The molecule has 0 atom stereocenters. The van der Waals surface area contributed by atoms with Crippen molar-refractivity contribution in [2.24, 2.45) is 0 Å². The molecule has 1 heterocycles. The predicted octanol–water partition coefficient (Wildman–Crippen LogP) is 4.82. The third-order valence-corrected chi connectivity index (χ3v) is 6.06. The molecule has 1 aliphatic heterocycles. The molecule has 0 radical (unpaired) electrons. The maximum atomic E-state index is 12.3. The lowest BCUT2D eigenvalue weighted by molar-refractivity contribution is -0.147. The van der Waals surface area contributed by atoms with Crippen molar-refractivity contribution in [2.45, 2.75) is 23.1 Å². The molecule has 168 valence electrons. The fourth-order valence-corrected chi connectivity index (χ4v) is 4.58. The van der Waals surface area contributed by atoms with Gasteiger partial charge in [0.2, 0.25) is 5.91 Å². The Balaban J connectivity index is 1.29. The summed E-state index contributed by atoms with van der Waals surface area (Å²) in [5.41, 5.74) is 3.28. The quantitative estimate of drug-likeness (QED) is 0.491. The number of ether oxygens (including phenoxy) is 1. The van der Waals surface area contributed by atoms with Crippen LogP contribution in [-0.2, 0) is 19.1 Å². The van der Waals surface area contributed by atoms with Crippen LogP contribution in [0.15, 0.2) is 82.6 Å². The van der Waals surface area contributed by atoms with E-state index in [2.05, 4.69) is 27.7 Å². The highest BCUT2D eigenvalue weighted by atomic mass is 32.2. The molecule has 2 N–H and O–H groups in total. The van der Waals surface area contributed by atoms with Gasteiger partial charge in [-0.1, -0.05) is 36.0 Å². The minimum atomic E-state index is -0.445. The zero-order valence-corrected chi connectivity index (χ0v) is 18.9. The molecule has 0 aliphatic carbocycles. The van der Waals surface area contributed by atoms with Crippen molar-refractivity contribution in [2.75, 3.05) is 28.7 Å². The van der Waals surface area contributed by atoms with E-state index in [0.29, 0.717) is 17.9 Å². The van der Waals surface area contributed by atoms with E-state index < -0.39 is 11.9 Å².